The van der Waals surface area contributed by atoms with Crippen LogP contribution in [0.2, 0.25) is 0 Å². The number of hydrogen-bond acceptors (Lipinski definition) is 8. The number of esters is 1. The summed E-state index contributed by atoms with van der Waals surface area (Å²) < 4.78 is 30.6. The van der Waals surface area contributed by atoms with E-state index in [2.05, 4.69) is 4.98 Å². The van der Waals surface area contributed by atoms with Crippen molar-refractivity contribution in [1.82, 2.24) is 4.98 Å². The Morgan fingerprint density at radius 2 is 1.75 bits per heavy atom. The molecule has 0 aliphatic carbocycles. The minimum atomic E-state index is -3.70. The number of thiazole rings is 1. The highest BCUT2D eigenvalue weighted by molar-refractivity contribution is 7.54. The molecule has 1 heterocycles. The molecule has 2 aromatic carbocycles. The van der Waals surface area contributed by atoms with E-state index in [0.717, 1.165) is 5.56 Å². The first-order valence-electron chi connectivity index (χ1n) is 12.0. The summed E-state index contributed by atoms with van der Waals surface area (Å²) in [5, 5.41) is 13.4. The van der Waals surface area contributed by atoms with Crippen LogP contribution in [0.25, 0.3) is 10.6 Å². The Morgan fingerprint density at radius 1 is 1.08 bits per heavy atom. The number of quaternary nitrogens is 1. The summed E-state index contributed by atoms with van der Waals surface area (Å²) >= 11 is 1.22. The number of ether oxygens (including phenoxy) is 1. The van der Waals surface area contributed by atoms with Crippen molar-refractivity contribution >= 4 is 24.9 Å². The minimum absolute atomic E-state index is 0.0289. The third-order valence-corrected chi connectivity index (χ3v) is 9.16. The van der Waals surface area contributed by atoms with Gasteiger partial charge in [0.1, 0.15) is 21.7 Å². The average Bonchev–Trinajstić information content (AvgIpc) is 3.25. The molecule has 3 rings (SSSR count). The van der Waals surface area contributed by atoms with Crippen molar-refractivity contribution in [3.63, 3.8) is 0 Å². The quantitative estimate of drug-likeness (QED) is 0.231. The van der Waals surface area contributed by atoms with Crippen LogP contribution in [0.3, 0.4) is 0 Å². The second kappa shape index (κ2) is 12.6. The van der Waals surface area contributed by atoms with Crippen LogP contribution in [0.5, 0.6) is 5.75 Å². The van der Waals surface area contributed by atoms with E-state index in [1.807, 2.05) is 42.6 Å². The van der Waals surface area contributed by atoms with Crippen LogP contribution in [0.4, 0.5) is 0 Å². The van der Waals surface area contributed by atoms with Crippen molar-refractivity contribution in [2.45, 2.75) is 46.4 Å². The molecule has 0 aliphatic rings. The maximum Gasteiger partial charge on any atom is 0.392 e. The highest BCUT2D eigenvalue weighted by Gasteiger charge is 2.43. The normalized spacial score (nSPS) is 13.4. The topological polar surface area (TPSA) is 112 Å². The van der Waals surface area contributed by atoms with Crippen molar-refractivity contribution in [2.75, 3.05) is 19.8 Å². The maximum absolute atomic E-state index is 14.0. The number of aromatic hydroxyl groups is 1. The lowest BCUT2D eigenvalue weighted by molar-refractivity contribution is -0.714. The zero-order chi connectivity index (χ0) is 26.3. The number of benzene rings is 2. The predicted molar refractivity (Wildman–Crippen MR) is 140 cm³/mol. The number of phenolic OH excluding ortho intramolecular Hbond substituents is 1. The van der Waals surface area contributed by atoms with Crippen LogP contribution in [0.15, 0.2) is 48.5 Å². The van der Waals surface area contributed by atoms with Gasteiger partial charge in [-0.25, -0.2) is 9.78 Å². The third-order valence-electron chi connectivity index (χ3n) is 5.61. The summed E-state index contributed by atoms with van der Waals surface area (Å²) in [6, 6.07) is 14.7. The van der Waals surface area contributed by atoms with Crippen LogP contribution >= 0.6 is 18.9 Å². The molecule has 1 aromatic heterocycles. The molecule has 0 spiro atoms. The van der Waals surface area contributed by atoms with Crippen molar-refractivity contribution in [1.29, 1.82) is 0 Å². The molecule has 10 heteroatoms. The maximum atomic E-state index is 14.0. The predicted octanol–water partition coefficient (Wildman–Crippen LogP) is 5.59. The largest absolute Gasteiger partial charge is 0.507 e. The van der Waals surface area contributed by atoms with Crippen LogP contribution in [-0.2, 0) is 18.3 Å². The fraction of sp³-hybridized carbons (Fsp3) is 0.385. The van der Waals surface area contributed by atoms with Gasteiger partial charge in [-0.05, 0) is 52.8 Å². The van der Waals surface area contributed by atoms with E-state index in [-0.39, 0.29) is 31.6 Å². The molecular weight excluding hydrogens is 499 g/mol. The Labute approximate surface area is 216 Å². The Bertz CT molecular complexity index is 1210. The first kappa shape index (κ1) is 28.0. The van der Waals surface area contributed by atoms with Crippen LogP contribution in [0, 0.1) is 6.92 Å². The molecule has 36 heavy (non-hydrogen) atoms. The molecule has 194 valence electrons. The molecule has 0 radical (unpaired) electrons. The first-order valence-corrected chi connectivity index (χ1v) is 14.4. The molecular formula is C26H34N2O6PS+. The minimum Gasteiger partial charge on any atom is -0.507 e. The molecule has 2 atom stereocenters. The van der Waals surface area contributed by atoms with Gasteiger partial charge in [0.2, 0.25) is 5.78 Å². The number of hydrogen-bond donors (Lipinski definition) is 2. The van der Waals surface area contributed by atoms with Gasteiger partial charge in [-0.1, -0.05) is 30.3 Å². The lowest BCUT2D eigenvalue weighted by Gasteiger charge is -2.28. The lowest BCUT2D eigenvalue weighted by atomic mass is 10.1. The Balaban J connectivity index is 2.08. The highest BCUT2D eigenvalue weighted by atomic mass is 32.1. The fourth-order valence-electron chi connectivity index (χ4n) is 3.91. The summed E-state index contributed by atoms with van der Waals surface area (Å²) in [6.07, 6.45) is 0. The summed E-state index contributed by atoms with van der Waals surface area (Å²) in [7, 11) is -3.70. The molecule has 0 saturated carbocycles. The van der Waals surface area contributed by atoms with Gasteiger partial charge in [0.15, 0.2) is 0 Å². The van der Waals surface area contributed by atoms with Gasteiger partial charge in [0.05, 0.1) is 31.1 Å². The first-order chi connectivity index (χ1) is 17.2. The second-order valence-electron chi connectivity index (χ2n) is 8.14. The van der Waals surface area contributed by atoms with Gasteiger partial charge in [0.25, 0.3) is 0 Å². The van der Waals surface area contributed by atoms with Gasteiger partial charge in [-0.15, -0.1) is 11.3 Å². The molecule has 0 saturated heterocycles. The number of carbonyl (C=O) groups is 1. The summed E-state index contributed by atoms with van der Waals surface area (Å²) in [6.45, 7) is 9.68. The van der Waals surface area contributed by atoms with E-state index in [1.54, 1.807) is 45.9 Å². The molecule has 8 nitrogen and oxygen atoms in total. The molecule has 0 amide bonds. The molecule has 0 fully saturated rings. The smallest absolute Gasteiger partial charge is 0.392 e. The van der Waals surface area contributed by atoms with E-state index in [4.69, 9.17) is 13.8 Å². The van der Waals surface area contributed by atoms with E-state index in [1.165, 1.54) is 11.3 Å². The zero-order valence-electron chi connectivity index (χ0n) is 21.3. The molecule has 0 bridgehead atoms. The SMILES string of the molecule is CCOC(=O)c1sc(-c2ccc(O)c(C([NH2+]C(C)c3ccccc3)P(=O)(OCC)OCC)c2)nc1C. The molecule has 0 aliphatic heterocycles. The Kier molecular flexibility index (Phi) is 9.82. The van der Waals surface area contributed by atoms with Crippen LogP contribution in [0.1, 0.15) is 66.0 Å². The van der Waals surface area contributed by atoms with Crippen molar-refractivity contribution in [3.8, 4) is 16.3 Å². The summed E-state index contributed by atoms with van der Waals surface area (Å²) in [5.41, 5.74) is 2.69. The molecule has 2 unspecified atom stereocenters. The fourth-order valence-corrected chi connectivity index (χ4v) is 7.00. The van der Waals surface area contributed by atoms with E-state index < -0.39 is 19.3 Å². The van der Waals surface area contributed by atoms with Gasteiger partial charge in [-0.2, -0.15) is 0 Å². The Hall–Kier alpha value is -2.55. The third kappa shape index (κ3) is 6.41. The number of nitrogens with zero attached hydrogens (tertiary/aromatic N) is 1. The van der Waals surface area contributed by atoms with E-state index in [0.29, 0.717) is 26.7 Å². The average molecular weight is 534 g/mol. The monoisotopic (exact) mass is 533 g/mol. The van der Waals surface area contributed by atoms with Crippen LogP contribution < -0.4 is 5.32 Å². The Morgan fingerprint density at radius 3 is 2.36 bits per heavy atom. The number of aryl methyl sites for hydroxylation is 1. The van der Waals surface area contributed by atoms with Gasteiger partial charge < -0.3 is 24.2 Å². The number of rotatable bonds is 12. The van der Waals surface area contributed by atoms with Crippen LogP contribution in [-0.4, -0.2) is 35.9 Å². The number of nitrogens with two attached hydrogens (primary N) is 1. The standard InChI is InChI=1S/C26H33N2O6PS/c1-6-32-26(30)23-18(5)28-25(36-23)20-14-15-22(29)21(16-20)24(35(31,33-7-2)34-8-3)27-17(4)19-12-10-9-11-13-19/h9-17,24,27,29H,6-8H2,1-5H3/p+1. The van der Waals surface area contributed by atoms with E-state index >= 15 is 0 Å². The van der Waals surface area contributed by atoms with Crippen molar-refractivity contribution in [3.05, 3.63) is 70.2 Å². The summed E-state index contributed by atoms with van der Waals surface area (Å²) in [4.78, 5) is 17.3. The molecule has 3 aromatic rings. The zero-order valence-corrected chi connectivity index (χ0v) is 23.0. The van der Waals surface area contributed by atoms with E-state index in [9.17, 15) is 14.5 Å². The highest BCUT2D eigenvalue weighted by Crippen LogP contribution is 2.59. The second-order valence-corrected chi connectivity index (χ2v) is 11.3. The molecule has 3 N–H and O–H groups in total. The van der Waals surface area contributed by atoms with Gasteiger partial charge in [0, 0.05) is 11.1 Å². The number of carbonyl (C=O) groups excluding carboxylic acids is 1. The van der Waals surface area contributed by atoms with Crippen molar-refractivity contribution in [2.24, 2.45) is 0 Å². The van der Waals surface area contributed by atoms with Gasteiger partial charge >= 0.3 is 13.6 Å². The number of aromatic nitrogens is 1. The van der Waals surface area contributed by atoms with Gasteiger partial charge in [-0.3, -0.25) is 4.57 Å². The number of phenols is 1. The van der Waals surface area contributed by atoms with Crippen molar-refractivity contribution < 1.29 is 33.6 Å². The summed E-state index contributed by atoms with van der Waals surface area (Å²) in [5.74, 6) is -1.28. The lowest BCUT2D eigenvalue weighted by Crippen LogP contribution is -2.85.